The van der Waals surface area contributed by atoms with E-state index in [9.17, 15) is 0 Å². The summed E-state index contributed by atoms with van der Waals surface area (Å²) in [5.74, 6) is 0. The quantitative estimate of drug-likeness (QED) is 0.270. The Morgan fingerprint density at radius 2 is 0.889 bits per heavy atom. The Morgan fingerprint density at radius 3 is 1.37 bits per heavy atom. The van der Waals surface area contributed by atoms with Crippen LogP contribution in [0, 0.1) is 0 Å². The molecule has 0 radical (unpaired) electrons. The summed E-state index contributed by atoms with van der Waals surface area (Å²) in [6.45, 7) is 0. The van der Waals surface area contributed by atoms with Crippen LogP contribution in [-0.2, 0) is 21.8 Å². The summed E-state index contributed by atoms with van der Waals surface area (Å²) < 4.78 is 8.14. The first kappa shape index (κ1) is 19.5. The van der Waals surface area contributed by atoms with Crippen molar-refractivity contribution in [2.45, 2.75) is 0 Å². The molecular weight excluding hydrogens is 438 g/mol. The predicted molar refractivity (Wildman–Crippen MR) is 113 cm³/mol. The molecule has 0 aromatic heterocycles. The minimum atomic E-state index is 1.21. The van der Waals surface area contributed by atoms with Crippen LogP contribution in [-0.4, -0.2) is 0 Å². The van der Waals surface area contributed by atoms with Crippen LogP contribution in [0.25, 0.3) is 33.4 Å². The van der Waals surface area contributed by atoms with E-state index in [0.29, 0.717) is 0 Å². The van der Waals surface area contributed by atoms with Crippen molar-refractivity contribution in [3.63, 3.8) is 0 Å². The van der Waals surface area contributed by atoms with Gasteiger partial charge in [0, 0.05) is 0 Å². The van der Waals surface area contributed by atoms with Gasteiger partial charge in [-0.05, 0) is 38.7 Å². The zero-order chi connectivity index (χ0) is 19.1. The van der Waals surface area contributed by atoms with Crippen molar-refractivity contribution in [2.75, 3.05) is 0 Å². The third-order valence-electron chi connectivity index (χ3n) is 4.45. The summed E-state index contributed by atoms with van der Waals surface area (Å²) in [4.78, 5) is 0. The third-order valence-corrected chi connectivity index (χ3v) is 4.93. The summed E-state index contributed by atoms with van der Waals surface area (Å²) >= 11 is 1.30. The summed E-state index contributed by atoms with van der Waals surface area (Å²) in [6.07, 6.45) is 0. The van der Waals surface area contributed by atoms with Gasteiger partial charge in [0.25, 0.3) is 0 Å². The molecule has 0 N–H and O–H groups in total. The van der Waals surface area contributed by atoms with Crippen LogP contribution in [0.1, 0.15) is 0 Å². The molecule has 135 valence electrons. The first-order chi connectivity index (χ1) is 13.3. The Kier molecular flexibility index (Phi) is 6.94. The average molecular weight is 457 g/mol. The van der Waals surface area contributed by atoms with Gasteiger partial charge in [-0.15, -0.1) is 9.24 Å². The molecule has 3 heteroatoms. The summed E-state index contributed by atoms with van der Waals surface area (Å²) in [5, 5.41) is 1.21. The number of benzene rings is 4. The van der Waals surface area contributed by atoms with Crippen molar-refractivity contribution < 1.29 is 21.8 Å². The molecule has 0 saturated heterocycles. The molecule has 4 aromatic rings. The second-order valence-electron chi connectivity index (χ2n) is 6.05. The molecule has 4 rings (SSSR count). The average Bonchev–Trinajstić information content (AvgIpc) is 2.77. The molecule has 0 aliphatic heterocycles. The number of rotatable bonds is 3. The molecule has 0 saturated carbocycles. The normalized spacial score (nSPS) is 10.0. The number of hydrogen-bond donors (Lipinski definition) is 0. The molecule has 0 bridgehead atoms. The van der Waals surface area contributed by atoms with Crippen molar-refractivity contribution in [1.29, 1.82) is 0 Å². The van der Waals surface area contributed by atoms with Crippen LogP contribution in [0.4, 0.5) is 0 Å². The van der Waals surface area contributed by atoms with Gasteiger partial charge in [0.1, 0.15) is 0 Å². The molecule has 0 aliphatic carbocycles. The summed E-state index contributed by atoms with van der Waals surface area (Å²) in [6, 6.07) is 36.3. The Labute approximate surface area is 172 Å². The first-order valence-corrected chi connectivity index (χ1v) is 9.81. The fourth-order valence-electron chi connectivity index (χ4n) is 3.30. The van der Waals surface area contributed by atoms with Gasteiger partial charge in [0.2, 0.25) is 0 Å². The second-order valence-corrected chi connectivity index (χ2v) is 6.67. The zero-order valence-corrected chi connectivity index (χ0v) is 17.4. The first-order valence-electron chi connectivity index (χ1n) is 8.57. The van der Waals surface area contributed by atoms with Gasteiger partial charge in [-0.1, -0.05) is 103 Å². The van der Waals surface area contributed by atoms with Crippen molar-refractivity contribution in [3.05, 3.63) is 103 Å². The van der Waals surface area contributed by atoms with E-state index < -0.39 is 0 Å². The van der Waals surface area contributed by atoms with E-state index >= 15 is 0 Å². The summed E-state index contributed by atoms with van der Waals surface area (Å²) in [5.41, 5.74) is 7.54. The Balaban J connectivity index is 0.00000102. The van der Waals surface area contributed by atoms with Crippen LogP contribution in [0.3, 0.4) is 0 Å². The number of hydrogen-bond acceptors (Lipinski definition) is 1. The van der Waals surface area contributed by atoms with Crippen LogP contribution in [0.15, 0.2) is 103 Å². The van der Waals surface area contributed by atoms with Crippen LogP contribution >= 0.6 is 9.24 Å². The van der Waals surface area contributed by atoms with E-state index in [1.165, 1.54) is 56.9 Å². The monoisotopic (exact) mass is 457 g/mol. The fourth-order valence-corrected chi connectivity index (χ4v) is 3.70. The SMILES string of the molecule is Pc1ccc(-c2ccccc2)c(-c2ccccc2)c1-c1ccccc1.[O]=[Rh]. The van der Waals surface area contributed by atoms with E-state index in [-0.39, 0.29) is 0 Å². The molecule has 0 amide bonds. The topological polar surface area (TPSA) is 17.1 Å². The molecule has 1 unspecified atom stereocenters. The van der Waals surface area contributed by atoms with Crippen molar-refractivity contribution in [3.8, 4) is 33.4 Å². The zero-order valence-electron chi connectivity index (χ0n) is 14.6. The molecule has 0 fully saturated rings. The molecule has 0 spiro atoms. The fraction of sp³-hybridized carbons (Fsp3) is 0. The van der Waals surface area contributed by atoms with E-state index in [0.717, 1.165) is 0 Å². The molecule has 0 aliphatic rings. The van der Waals surface area contributed by atoms with Gasteiger partial charge in [-0.3, -0.25) is 0 Å². The van der Waals surface area contributed by atoms with Crippen molar-refractivity contribution in [1.82, 2.24) is 0 Å². The second kappa shape index (κ2) is 9.61. The molecule has 4 aromatic carbocycles. The minimum absolute atomic E-state index is 1.21. The van der Waals surface area contributed by atoms with Crippen LogP contribution in [0.5, 0.6) is 0 Å². The van der Waals surface area contributed by atoms with Crippen molar-refractivity contribution >= 4 is 14.5 Å². The van der Waals surface area contributed by atoms with Crippen molar-refractivity contribution in [2.24, 2.45) is 0 Å². The predicted octanol–water partition coefficient (Wildman–Crippen LogP) is 6.07. The van der Waals surface area contributed by atoms with Gasteiger partial charge in [0.05, 0.1) is 0 Å². The van der Waals surface area contributed by atoms with E-state index in [4.69, 9.17) is 3.57 Å². The molecule has 27 heavy (non-hydrogen) atoms. The Bertz CT molecular complexity index is 1000. The van der Waals surface area contributed by atoms with Gasteiger partial charge < -0.3 is 0 Å². The van der Waals surface area contributed by atoms with Gasteiger partial charge in [0.15, 0.2) is 0 Å². The van der Waals surface area contributed by atoms with E-state index in [1.807, 2.05) is 0 Å². The van der Waals surface area contributed by atoms with Gasteiger partial charge in [-0.25, -0.2) is 0 Å². The molecule has 0 heterocycles. The Hall–Kier alpha value is -2.27. The third kappa shape index (κ3) is 4.36. The summed E-state index contributed by atoms with van der Waals surface area (Å²) in [7, 11) is 2.90. The van der Waals surface area contributed by atoms with Crippen LogP contribution < -0.4 is 5.30 Å². The maximum absolute atomic E-state index is 8.14. The molecule has 1 nitrogen and oxygen atoms in total. The molecule has 1 atom stereocenters. The van der Waals surface area contributed by atoms with E-state index in [1.54, 1.807) is 0 Å². The molecular formula is C24H19OPRh. The maximum atomic E-state index is 8.14. The van der Waals surface area contributed by atoms with E-state index in [2.05, 4.69) is 112 Å². The van der Waals surface area contributed by atoms with Gasteiger partial charge in [-0.2, -0.15) is 0 Å². The van der Waals surface area contributed by atoms with Gasteiger partial charge >= 0.3 is 21.8 Å². The standard InChI is InChI=1S/C24H19P.O.Rh/c25-22-17-16-21(18-10-4-1-5-11-18)23(19-12-6-2-7-13-19)24(22)20-14-8-3-9-15-20;;/h1-17H,25H2;;. The Morgan fingerprint density at radius 1 is 0.481 bits per heavy atom. The van der Waals surface area contributed by atoms with Crippen LogP contribution in [0.2, 0.25) is 0 Å².